The quantitative estimate of drug-likeness (QED) is 0.621. The Labute approximate surface area is 230 Å². The average molecular weight is 558 g/mol. The molecule has 3 aliphatic rings. The van der Waals surface area contributed by atoms with Crippen LogP contribution in [0.3, 0.4) is 0 Å². The Kier molecular flexibility index (Phi) is 8.27. The minimum absolute atomic E-state index is 0.0765. The maximum Gasteiger partial charge on any atom is 0.257 e. The van der Waals surface area contributed by atoms with E-state index in [9.17, 15) is 18.0 Å². The number of carbonyl (C=O) groups excluding carboxylic acids is 2. The van der Waals surface area contributed by atoms with E-state index in [1.54, 1.807) is 17.1 Å². The lowest BCUT2D eigenvalue weighted by molar-refractivity contribution is -0.134. The number of carbonyl (C=O) groups is 2. The molecule has 2 fully saturated rings. The van der Waals surface area contributed by atoms with Crippen LogP contribution in [0.5, 0.6) is 5.75 Å². The van der Waals surface area contributed by atoms with E-state index < -0.39 is 15.4 Å². The number of aryl methyl sites for hydroxylation is 1. The predicted octanol–water partition coefficient (Wildman–Crippen LogP) is 2.62. The minimum Gasteiger partial charge on any atom is -0.493 e. The number of rotatable bonds is 3. The van der Waals surface area contributed by atoms with Gasteiger partial charge in [0.25, 0.3) is 5.91 Å². The van der Waals surface area contributed by atoms with E-state index in [0.717, 1.165) is 37.9 Å². The van der Waals surface area contributed by atoms with Gasteiger partial charge in [0, 0.05) is 38.9 Å². The maximum absolute atomic E-state index is 13.4. The van der Waals surface area contributed by atoms with E-state index in [4.69, 9.17) is 4.74 Å². The summed E-state index contributed by atoms with van der Waals surface area (Å²) in [5.41, 5.74) is 1.25. The van der Waals surface area contributed by atoms with Gasteiger partial charge < -0.3 is 15.0 Å². The highest BCUT2D eigenvalue weighted by molar-refractivity contribution is 7.88. The van der Waals surface area contributed by atoms with Crippen molar-refractivity contribution in [3.63, 3.8) is 0 Å². The Morgan fingerprint density at radius 3 is 2.67 bits per heavy atom. The molecule has 0 aliphatic carbocycles. The number of likely N-dealkylation sites (tertiary alicyclic amines) is 1. The smallest absolute Gasteiger partial charge is 0.257 e. The van der Waals surface area contributed by atoms with E-state index in [-0.39, 0.29) is 17.9 Å². The Balaban J connectivity index is 1.20. The van der Waals surface area contributed by atoms with E-state index in [0.29, 0.717) is 64.2 Å². The van der Waals surface area contributed by atoms with Gasteiger partial charge in [0.15, 0.2) is 0 Å². The monoisotopic (exact) mass is 557 g/mol. The fourth-order valence-electron chi connectivity index (χ4n) is 6.06. The molecule has 4 heterocycles. The molecule has 5 rings (SSSR count). The standard InChI is InChI=1S/C28H39N5O5S/c1-39(36,37)32-15-10-24(21-32)33-20-23(19-30-33)26(34)31-16-12-28(13-17-31)11-5-4-8-22-7-2-3-9-25(22)38-18-6-14-29-27(28)35/h2-3,7,9,19-20,24H,4-6,8,10-18,21H2,1H3,(H,29,35). The van der Waals surface area contributed by atoms with Crippen LogP contribution in [0.2, 0.25) is 0 Å². The van der Waals surface area contributed by atoms with Gasteiger partial charge in [-0.3, -0.25) is 14.3 Å². The zero-order chi connectivity index (χ0) is 27.5. The molecular weight excluding hydrogens is 518 g/mol. The van der Waals surface area contributed by atoms with Gasteiger partial charge >= 0.3 is 0 Å². The molecule has 3 aliphatic heterocycles. The third-order valence-corrected chi connectivity index (χ3v) is 9.77. The fourth-order valence-corrected chi connectivity index (χ4v) is 6.94. The molecule has 2 saturated heterocycles. The molecular formula is C28H39N5O5S. The van der Waals surface area contributed by atoms with Crippen molar-refractivity contribution in [2.24, 2.45) is 5.41 Å². The summed E-state index contributed by atoms with van der Waals surface area (Å²) < 4.78 is 32.9. The summed E-state index contributed by atoms with van der Waals surface area (Å²) in [6, 6.07) is 8.10. The van der Waals surface area contributed by atoms with Crippen molar-refractivity contribution in [1.82, 2.24) is 24.3 Å². The number of amides is 2. The van der Waals surface area contributed by atoms with Gasteiger partial charge in [0.2, 0.25) is 15.9 Å². The van der Waals surface area contributed by atoms with Crippen LogP contribution in [-0.2, 0) is 21.2 Å². The number of ether oxygens (including phenoxy) is 1. The van der Waals surface area contributed by atoms with Gasteiger partial charge in [-0.25, -0.2) is 8.42 Å². The predicted molar refractivity (Wildman–Crippen MR) is 147 cm³/mol. The summed E-state index contributed by atoms with van der Waals surface area (Å²) in [4.78, 5) is 28.5. The topological polar surface area (TPSA) is 114 Å². The zero-order valence-corrected chi connectivity index (χ0v) is 23.5. The Hall–Kier alpha value is -2.92. The normalized spacial score (nSPS) is 23.2. The molecule has 2 aromatic rings. The van der Waals surface area contributed by atoms with Gasteiger partial charge in [-0.15, -0.1) is 0 Å². The summed E-state index contributed by atoms with van der Waals surface area (Å²) in [6.45, 7) is 3.01. The molecule has 11 heteroatoms. The summed E-state index contributed by atoms with van der Waals surface area (Å²) >= 11 is 0. The molecule has 10 nitrogen and oxygen atoms in total. The number of aromatic nitrogens is 2. The summed E-state index contributed by atoms with van der Waals surface area (Å²) in [6.07, 6.45) is 10.9. The molecule has 0 radical (unpaired) electrons. The van der Waals surface area contributed by atoms with Crippen molar-refractivity contribution < 1.29 is 22.7 Å². The van der Waals surface area contributed by atoms with Crippen molar-refractivity contribution in [2.75, 3.05) is 45.6 Å². The second kappa shape index (κ2) is 11.7. The van der Waals surface area contributed by atoms with Crippen LogP contribution < -0.4 is 10.1 Å². The first-order valence-electron chi connectivity index (χ1n) is 14.0. The van der Waals surface area contributed by atoms with E-state index in [1.807, 2.05) is 23.1 Å². The molecule has 2 amide bonds. The third-order valence-electron chi connectivity index (χ3n) is 8.50. The number of hydrogen-bond donors (Lipinski definition) is 1. The SMILES string of the molecule is CS(=O)(=O)N1CCC(n2cc(C(=O)N3CCC4(CCCCc5ccccc5OCCCNC4=O)CC3)cn2)C1. The second-order valence-corrected chi connectivity index (χ2v) is 13.1. The molecule has 1 spiro atoms. The van der Waals surface area contributed by atoms with Crippen molar-refractivity contribution in [2.45, 2.75) is 57.4 Å². The molecule has 39 heavy (non-hydrogen) atoms. The van der Waals surface area contributed by atoms with Crippen molar-refractivity contribution in [3.8, 4) is 5.75 Å². The van der Waals surface area contributed by atoms with Crippen molar-refractivity contribution in [3.05, 3.63) is 47.8 Å². The number of piperidine rings is 1. The van der Waals surface area contributed by atoms with Crippen molar-refractivity contribution >= 4 is 21.8 Å². The summed E-state index contributed by atoms with van der Waals surface area (Å²) in [5.74, 6) is 0.942. The van der Waals surface area contributed by atoms with E-state index >= 15 is 0 Å². The van der Waals surface area contributed by atoms with Crippen LogP contribution in [0.25, 0.3) is 0 Å². The fraction of sp³-hybridized carbons (Fsp3) is 0.607. The lowest BCUT2D eigenvalue weighted by Crippen LogP contribution is -2.50. The second-order valence-electron chi connectivity index (χ2n) is 11.1. The number of hydrogen-bond acceptors (Lipinski definition) is 6. The molecule has 1 aromatic heterocycles. The van der Waals surface area contributed by atoms with Gasteiger partial charge in [0.05, 0.1) is 36.1 Å². The molecule has 0 saturated carbocycles. The number of sulfonamides is 1. The number of nitrogens with one attached hydrogen (secondary N) is 1. The Morgan fingerprint density at radius 2 is 1.90 bits per heavy atom. The number of benzene rings is 1. The molecule has 1 aromatic carbocycles. The van der Waals surface area contributed by atoms with Gasteiger partial charge in [0.1, 0.15) is 5.75 Å². The van der Waals surface area contributed by atoms with Crippen LogP contribution in [-0.4, -0.2) is 84.8 Å². The van der Waals surface area contributed by atoms with Crippen LogP contribution in [0, 0.1) is 5.41 Å². The van der Waals surface area contributed by atoms with Gasteiger partial charge in [-0.2, -0.15) is 9.40 Å². The van der Waals surface area contributed by atoms with Crippen LogP contribution >= 0.6 is 0 Å². The number of para-hydroxylation sites is 1. The largest absolute Gasteiger partial charge is 0.493 e. The van der Waals surface area contributed by atoms with Crippen LogP contribution in [0.15, 0.2) is 36.7 Å². The highest BCUT2D eigenvalue weighted by atomic mass is 32.2. The van der Waals surface area contributed by atoms with E-state index in [2.05, 4.69) is 16.5 Å². The average Bonchev–Trinajstić information content (AvgIpc) is 3.61. The third kappa shape index (κ3) is 6.30. The van der Waals surface area contributed by atoms with Crippen LogP contribution in [0.1, 0.15) is 66.9 Å². The molecule has 212 valence electrons. The van der Waals surface area contributed by atoms with Gasteiger partial charge in [-0.05, 0) is 56.6 Å². The number of fused-ring (bicyclic) bond motifs is 1. The lowest BCUT2D eigenvalue weighted by Gasteiger charge is -2.40. The summed E-state index contributed by atoms with van der Waals surface area (Å²) in [5, 5.41) is 7.53. The molecule has 1 N–H and O–H groups in total. The van der Waals surface area contributed by atoms with Crippen molar-refractivity contribution in [1.29, 1.82) is 0 Å². The first kappa shape index (κ1) is 27.6. The highest BCUT2D eigenvalue weighted by Gasteiger charge is 2.42. The Bertz CT molecular complexity index is 1280. The highest BCUT2D eigenvalue weighted by Crippen LogP contribution is 2.38. The first-order valence-corrected chi connectivity index (χ1v) is 15.9. The van der Waals surface area contributed by atoms with E-state index in [1.165, 1.54) is 16.1 Å². The lowest BCUT2D eigenvalue weighted by atomic mass is 9.73. The van der Waals surface area contributed by atoms with Crippen LogP contribution in [0.4, 0.5) is 0 Å². The molecule has 1 unspecified atom stereocenters. The first-order chi connectivity index (χ1) is 18.7. The summed E-state index contributed by atoms with van der Waals surface area (Å²) in [7, 11) is -3.24. The molecule has 0 bridgehead atoms. The minimum atomic E-state index is -3.24. The maximum atomic E-state index is 13.4. The zero-order valence-electron chi connectivity index (χ0n) is 22.7. The van der Waals surface area contributed by atoms with Gasteiger partial charge in [-0.1, -0.05) is 24.6 Å². The molecule has 1 atom stereocenters. The number of nitrogens with zero attached hydrogens (tertiary/aromatic N) is 4. The Morgan fingerprint density at radius 1 is 1.10 bits per heavy atom.